The van der Waals surface area contributed by atoms with E-state index >= 15 is 0 Å². The van der Waals surface area contributed by atoms with Crippen LogP contribution >= 0.6 is 0 Å². The van der Waals surface area contributed by atoms with Gasteiger partial charge < -0.3 is 15.0 Å². The summed E-state index contributed by atoms with van der Waals surface area (Å²) < 4.78 is 31.2. The summed E-state index contributed by atoms with van der Waals surface area (Å²) >= 11 is 0. The maximum absolute atomic E-state index is 12.4. The molecule has 0 radical (unpaired) electrons. The van der Waals surface area contributed by atoms with E-state index in [9.17, 15) is 18.0 Å². The number of sulfonamides is 1. The predicted molar refractivity (Wildman–Crippen MR) is 98.0 cm³/mol. The average molecular weight is 390 g/mol. The first-order valence-electron chi connectivity index (χ1n) is 9.50. The van der Waals surface area contributed by atoms with Crippen molar-refractivity contribution in [1.29, 1.82) is 0 Å². The van der Waals surface area contributed by atoms with Crippen molar-refractivity contribution >= 4 is 21.8 Å². The largest absolute Gasteiger partial charge is 0.378 e. The molecule has 0 aromatic carbocycles. The van der Waals surface area contributed by atoms with Crippen LogP contribution in [0.4, 0.5) is 0 Å². The summed E-state index contributed by atoms with van der Waals surface area (Å²) in [6.45, 7) is 6.55. The van der Waals surface area contributed by atoms with E-state index < -0.39 is 16.1 Å². The first-order chi connectivity index (χ1) is 12.3. The van der Waals surface area contributed by atoms with Gasteiger partial charge in [0.15, 0.2) is 0 Å². The monoisotopic (exact) mass is 389 g/mol. The lowest BCUT2D eigenvalue weighted by molar-refractivity contribution is -0.140. The Balaban J connectivity index is 1.79. The molecule has 1 N–H and O–H groups in total. The van der Waals surface area contributed by atoms with Crippen LogP contribution < -0.4 is 5.32 Å². The minimum Gasteiger partial charge on any atom is -0.378 e. The van der Waals surface area contributed by atoms with E-state index in [1.807, 2.05) is 6.92 Å². The highest BCUT2D eigenvalue weighted by Crippen LogP contribution is 2.21. The van der Waals surface area contributed by atoms with Crippen LogP contribution in [0, 0.1) is 5.92 Å². The highest BCUT2D eigenvalue weighted by atomic mass is 32.2. The Morgan fingerprint density at radius 1 is 1.15 bits per heavy atom. The minimum atomic E-state index is -3.22. The normalized spacial score (nSPS) is 21.4. The van der Waals surface area contributed by atoms with Gasteiger partial charge in [-0.05, 0) is 26.2 Å². The fourth-order valence-corrected chi connectivity index (χ4v) is 4.98. The number of nitrogens with zero attached hydrogens (tertiary/aromatic N) is 2. The van der Waals surface area contributed by atoms with Gasteiger partial charge in [0.1, 0.15) is 6.04 Å². The second kappa shape index (κ2) is 9.66. The Labute approximate surface area is 156 Å². The minimum absolute atomic E-state index is 0.0961. The van der Waals surface area contributed by atoms with Gasteiger partial charge in [0.25, 0.3) is 0 Å². The molecular formula is C17H31N3O5S. The SMILES string of the molecule is CCCCS(=O)(=O)N1CCC(C(=O)NC(C)C(=O)N2CCOCC2)CC1. The van der Waals surface area contributed by atoms with Crippen LogP contribution in [-0.4, -0.2) is 80.6 Å². The van der Waals surface area contributed by atoms with Crippen molar-refractivity contribution in [2.24, 2.45) is 5.92 Å². The molecule has 1 atom stereocenters. The lowest BCUT2D eigenvalue weighted by atomic mass is 9.97. The van der Waals surface area contributed by atoms with Crippen molar-refractivity contribution in [2.45, 2.75) is 45.6 Å². The van der Waals surface area contributed by atoms with Gasteiger partial charge in [-0.1, -0.05) is 13.3 Å². The van der Waals surface area contributed by atoms with Gasteiger partial charge in [-0.3, -0.25) is 9.59 Å². The molecular weight excluding hydrogens is 358 g/mol. The third-order valence-corrected chi connectivity index (χ3v) is 6.98. The standard InChI is InChI=1S/C17H31N3O5S/c1-3-4-13-26(23,24)20-7-5-15(6-8-20)16(21)18-14(2)17(22)19-9-11-25-12-10-19/h14-15H,3-13H2,1-2H3,(H,18,21). The Morgan fingerprint density at radius 2 is 1.77 bits per heavy atom. The Kier molecular flexibility index (Phi) is 7.85. The molecule has 2 aliphatic rings. The number of morpholine rings is 1. The van der Waals surface area contributed by atoms with Gasteiger partial charge in [0.2, 0.25) is 21.8 Å². The summed E-state index contributed by atoms with van der Waals surface area (Å²) in [5.74, 6) is -0.329. The van der Waals surface area contributed by atoms with Crippen molar-refractivity contribution in [3.05, 3.63) is 0 Å². The van der Waals surface area contributed by atoms with E-state index in [0.29, 0.717) is 58.7 Å². The smallest absolute Gasteiger partial charge is 0.245 e. The Hall–Kier alpha value is -1.19. The number of hydrogen-bond donors (Lipinski definition) is 1. The summed E-state index contributed by atoms with van der Waals surface area (Å²) in [5, 5.41) is 2.80. The van der Waals surface area contributed by atoms with Crippen LogP contribution in [0.25, 0.3) is 0 Å². The maximum atomic E-state index is 12.4. The van der Waals surface area contributed by atoms with Gasteiger partial charge >= 0.3 is 0 Å². The molecule has 150 valence electrons. The van der Waals surface area contributed by atoms with Crippen molar-refractivity contribution in [3.63, 3.8) is 0 Å². The van der Waals surface area contributed by atoms with Gasteiger partial charge in [-0.15, -0.1) is 0 Å². The number of carbonyl (C=O) groups excluding carboxylic acids is 2. The number of carbonyl (C=O) groups is 2. The lowest BCUT2D eigenvalue weighted by Crippen LogP contribution is -2.52. The number of piperidine rings is 1. The van der Waals surface area contributed by atoms with Crippen molar-refractivity contribution < 1.29 is 22.7 Å². The summed E-state index contributed by atoms with van der Waals surface area (Å²) in [6.07, 6.45) is 2.49. The maximum Gasteiger partial charge on any atom is 0.245 e. The molecule has 2 aliphatic heterocycles. The molecule has 0 spiro atoms. The summed E-state index contributed by atoms with van der Waals surface area (Å²) in [7, 11) is -3.22. The molecule has 9 heteroatoms. The molecule has 26 heavy (non-hydrogen) atoms. The summed E-state index contributed by atoms with van der Waals surface area (Å²) in [5.41, 5.74) is 0. The molecule has 0 aliphatic carbocycles. The molecule has 2 amide bonds. The van der Waals surface area contributed by atoms with Crippen molar-refractivity contribution in [3.8, 4) is 0 Å². The first-order valence-corrected chi connectivity index (χ1v) is 11.1. The summed E-state index contributed by atoms with van der Waals surface area (Å²) in [4.78, 5) is 26.5. The zero-order valence-corrected chi connectivity index (χ0v) is 16.6. The molecule has 0 saturated carbocycles. The van der Waals surface area contributed by atoms with Crippen molar-refractivity contribution in [2.75, 3.05) is 45.1 Å². The molecule has 2 saturated heterocycles. The Morgan fingerprint density at radius 3 is 2.35 bits per heavy atom. The number of ether oxygens (including phenoxy) is 1. The van der Waals surface area contributed by atoms with E-state index in [0.717, 1.165) is 6.42 Å². The Bertz CT molecular complexity index is 581. The second-order valence-corrected chi connectivity index (χ2v) is 9.10. The van der Waals surface area contributed by atoms with Crippen LogP contribution in [0.5, 0.6) is 0 Å². The van der Waals surface area contributed by atoms with Gasteiger partial charge in [0, 0.05) is 32.1 Å². The molecule has 0 aromatic heterocycles. The number of unbranched alkanes of at least 4 members (excludes halogenated alkanes) is 1. The summed E-state index contributed by atoms with van der Waals surface area (Å²) in [6, 6.07) is -0.577. The fraction of sp³-hybridized carbons (Fsp3) is 0.882. The number of rotatable bonds is 7. The molecule has 2 heterocycles. The lowest BCUT2D eigenvalue weighted by Gasteiger charge is -2.32. The van der Waals surface area contributed by atoms with E-state index in [4.69, 9.17) is 4.74 Å². The van der Waals surface area contributed by atoms with E-state index in [1.165, 1.54) is 4.31 Å². The van der Waals surface area contributed by atoms with E-state index in [2.05, 4.69) is 5.32 Å². The van der Waals surface area contributed by atoms with E-state index in [1.54, 1.807) is 11.8 Å². The molecule has 0 aromatic rings. The first kappa shape index (κ1) is 21.1. The van der Waals surface area contributed by atoms with Gasteiger partial charge in [0.05, 0.1) is 19.0 Å². The van der Waals surface area contributed by atoms with Crippen LogP contribution in [-0.2, 0) is 24.3 Å². The number of amides is 2. The third kappa shape index (κ3) is 5.65. The van der Waals surface area contributed by atoms with Gasteiger partial charge in [-0.2, -0.15) is 0 Å². The molecule has 8 nitrogen and oxygen atoms in total. The molecule has 2 rings (SSSR count). The zero-order valence-electron chi connectivity index (χ0n) is 15.8. The van der Waals surface area contributed by atoms with Crippen LogP contribution in [0.1, 0.15) is 39.5 Å². The highest BCUT2D eigenvalue weighted by molar-refractivity contribution is 7.89. The average Bonchev–Trinajstić information content (AvgIpc) is 2.66. The molecule has 2 fully saturated rings. The topological polar surface area (TPSA) is 96.0 Å². The fourth-order valence-electron chi connectivity index (χ4n) is 3.30. The van der Waals surface area contributed by atoms with E-state index in [-0.39, 0.29) is 23.5 Å². The quantitative estimate of drug-likeness (QED) is 0.671. The third-order valence-electron chi connectivity index (χ3n) is 5.03. The molecule has 1 unspecified atom stereocenters. The second-order valence-electron chi connectivity index (χ2n) is 7.01. The van der Waals surface area contributed by atoms with Crippen molar-refractivity contribution in [1.82, 2.24) is 14.5 Å². The highest BCUT2D eigenvalue weighted by Gasteiger charge is 2.32. The van der Waals surface area contributed by atoms with Crippen LogP contribution in [0.2, 0.25) is 0 Å². The zero-order chi connectivity index (χ0) is 19.2. The van der Waals surface area contributed by atoms with Gasteiger partial charge in [-0.25, -0.2) is 12.7 Å². The number of hydrogen-bond acceptors (Lipinski definition) is 5. The van der Waals surface area contributed by atoms with Crippen LogP contribution in [0.3, 0.4) is 0 Å². The number of nitrogens with one attached hydrogen (secondary N) is 1. The predicted octanol–water partition coefficient (Wildman–Crippen LogP) is 0.192. The van der Waals surface area contributed by atoms with Crippen LogP contribution in [0.15, 0.2) is 0 Å². The molecule has 0 bridgehead atoms.